The first-order chi connectivity index (χ1) is 10.6. The van der Waals surface area contributed by atoms with Crippen molar-refractivity contribution in [3.63, 3.8) is 0 Å². The van der Waals surface area contributed by atoms with E-state index in [-0.39, 0.29) is 5.91 Å². The lowest BCUT2D eigenvalue weighted by molar-refractivity contribution is -0.124. The van der Waals surface area contributed by atoms with Gasteiger partial charge in [0.2, 0.25) is 5.91 Å². The summed E-state index contributed by atoms with van der Waals surface area (Å²) in [6, 6.07) is 2.27. The number of amides is 1. The summed E-state index contributed by atoms with van der Waals surface area (Å²) in [5, 5.41) is 12.2. The van der Waals surface area contributed by atoms with Crippen LogP contribution < -0.4 is 5.32 Å². The number of nitriles is 1. The average Bonchev–Trinajstić information content (AvgIpc) is 3.34. The van der Waals surface area contributed by atoms with Crippen molar-refractivity contribution in [3.05, 3.63) is 0 Å². The number of nitrogens with one attached hydrogen (secondary N) is 1. The molecular formula is C16H28N4O2. The Kier molecular flexibility index (Phi) is 6.18. The highest BCUT2D eigenvalue weighted by Crippen LogP contribution is 2.39. The summed E-state index contributed by atoms with van der Waals surface area (Å²) in [4.78, 5) is 16.7. The van der Waals surface area contributed by atoms with Crippen LogP contribution in [0.2, 0.25) is 0 Å². The van der Waals surface area contributed by atoms with Gasteiger partial charge in [-0.15, -0.1) is 0 Å². The fourth-order valence-electron chi connectivity index (χ4n) is 2.92. The van der Waals surface area contributed by atoms with Gasteiger partial charge in [0.25, 0.3) is 0 Å². The summed E-state index contributed by atoms with van der Waals surface area (Å²) < 4.78 is 5.37. The van der Waals surface area contributed by atoms with Crippen LogP contribution in [0.15, 0.2) is 0 Å². The summed E-state index contributed by atoms with van der Waals surface area (Å²) in [6.07, 6.45) is 2.09. The third kappa shape index (κ3) is 4.94. The average molecular weight is 308 g/mol. The molecule has 0 spiro atoms. The SMILES string of the molecule is CCOCCN1CCN(CC(=O)N[C@@](C)(C#N)C2CC2)CC1. The van der Waals surface area contributed by atoms with Crippen LogP contribution in [0.25, 0.3) is 0 Å². The molecule has 6 nitrogen and oxygen atoms in total. The molecule has 1 N–H and O–H groups in total. The summed E-state index contributed by atoms with van der Waals surface area (Å²) >= 11 is 0. The molecule has 2 fully saturated rings. The highest BCUT2D eigenvalue weighted by atomic mass is 16.5. The van der Waals surface area contributed by atoms with Gasteiger partial charge in [-0.1, -0.05) is 0 Å². The Balaban J connectivity index is 1.67. The molecule has 2 aliphatic rings. The van der Waals surface area contributed by atoms with Gasteiger partial charge in [-0.2, -0.15) is 5.26 Å². The van der Waals surface area contributed by atoms with E-state index in [1.54, 1.807) is 0 Å². The van der Waals surface area contributed by atoms with E-state index >= 15 is 0 Å². The molecule has 0 bridgehead atoms. The van der Waals surface area contributed by atoms with Crippen molar-refractivity contribution in [2.75, 3.05) is 52.5 Å². The zero-order chi connectivity index (χ0) is 16.0. The second-order valence-electron chi connectivity index (χ2n) is 6.45. The molecule has 1 aliphatic heterocycles. The summed E-state index contributed by atoms with van der Waals surface area (Å²) in [6.45, 7) is 10.5. The fourth-order valence-corrected chi connectivity index (χ4v) is 2.92. The zero-order valence-electron chi connectivity index (χ0n) is 13.8. The smallest absolute Gasteiger partial charge is 0.235 e. The molecule has 0 unspecified atom stereocenters. The van der Waals surface area contributed by atoms with E-state index in [4.69, 9.17) is 4.74 Å². The Morgan fingerprint density at radius 3 is 2.50 bits per heavy atom. The second-order valence-corrected chi connectivity index (χ2v) is 6.45. The van der Waals surface area contributed by atoms with Crippen LogP contribution in [-0.4, -0.2) is 73.7 Å². The molecule has 124 valence electrons. The van der Waals surface area contributed by atoms with E-state index in [9.17, 15) is 10.1 Å². The van der Waals surface area contributed by atoms with Crippen molar-refractivity contribution in [2.24, 2.45) is 5.92 Å². The van der Waals surface area contributed by atoms with Gasteiger partial charge < -0.3 is 10.1 Å². The van der Waals surface area contributed by atoms with E-state index in [0.717, 1.165) is 58.8 Å². The minimum absolute atomic E-state index is 0.0290. The zero-order valence-corrected chi connectivity index (χ0v) is 13.8. The summed E-state index contributed by atoms with van der Waals surface area (Å²) in [7, 11) is 0. The van der Waals surface area contributed by atoms with E-state index < -0.39 is 5.54 Å². The van der Waals surface area contributed by atoms with Crippen LogP contribution in [0.1, 0.15) is 26.7 Å². The quantitative estimate of drug-likeness (QED) is 0.659. The van der Waals surface area contributed by atoms with Gasteiger partial charge in [0.05, 0.1) is 19.2 Å². The van der Waals surface area contributed by atoms with Crippen molar-refractivity contribution in [3.8, 4) is 6.07 Å². The monoisotopic (exact) mass is 308 g/mol. The van der Waals surface area contributed by atoms with E-state index in [1.165, 1.54) is 0 Å². The molecule has 0 aromatic carbocycles. The fraction of sp³-hybridized carbons (Fsp3) is 0.875. The lowest BCUT2D eigenvalue weighted by Gasteiger charge is -2.34. The van der Waals surface area contributed by atoms with Gasteiger partial charge in [0.1, 0.15) is 5.54 Å². The molecule has 2 rings (SSSR count). The molecule has 0 radical (unpaired) electrons. The first kappa shape index (κ1) is 17.2. The number of piperazine rings is 1. The van der Waals surface area contributed by atoms with E-state index in [2.05, 4.69) is 21.2 Å². The maximum Gasteiger partial charge on any atom is 0.235 e. The lowest BCUT2D eigenvalue weighted by atomic mass is 9.98. The normalized spacial score (nSPS) is 22.8. The number of hydrogen-bond acceptors (Lipinski definition) is 5. The molecule has 1 aliphatic carbocycles. The van der Waals surface area contributed by atoms with Gasteiger partial charge in [-0.05, 0) is 32.6 Å². The number of hydrogen-bond donors (Lipinski definition) is 1. The van der Waals surface area contributed by atoms with Crippen molar-refractivity contribution in [1.29, 1.82) is 5.26 Å². The second kappa shape index (κ2) is 7.91. The standard InChI is InChI=1S/C16H28N4O2/c1-3-22-11-10-19-6-8-20(9-7-19)12-15(21)18-16(2,13-17)14-4-5-14/h14H,3-12H2,1-2H3,(H,18,21)/t16-/m0/s1. The molecule has 0 aromatic rings. The third-order valence-electron chi connectivity index (χ3n) is 4.61. The Labute approximate surface area is 133 Å². The first-order valence-electron chi connectivity index (χ1n) is 8.32. The van der Waals surface area contributed by atoms with Gasteiger partial charge in [0, 0.05) is 39.3 Å². The van der Waals surface area contributed by atoms with Gasteiger partial charge in [-0.25, -0.2) is 0 Å². The third-order valence-corrected chi connectivity index (χ3v) is 4.61. The van der Waals surface area contributed by atoms with Gasteiger partial charge in [-0.3, -0.25) is 14.6 Å². The molecule has 1 amide bonds. The Hall–Kier alpha value is -1.16. The highest BCUT2D eigenvalue weighted by molar-refractivity contribution is 5.79. The molecule has 1 atom stereocenters. The first-order valence-corrected chi connectivity index (χ1v) is 8.32. The van der Waals surface area contributed by atoms with Crippen molar-refractivity contribution < 1.29 is 9.53 Å². The predicted octanol–water partition coefficient (Wildman–Crippen LogP) is 0.449. The van der Waals surface area contributed by atoms with E-state index in [1.807, 2.05) is 13.8 Å². The van der Waals surface area contributed by atoms with Crippen LogP contribution in [0.4, 0.5) is 0 Å². The van der Waals surface area contributed by atoms with Crippen LogP contribution in [0.5, 0.6) is 0 Å². The number of carbonyl (C=O) groups excluding carboxylic acids is 1. The highest BCUT2D eigenvalue weighted by Gasteiger charge is 2.43. The van der Waals surface area contributed by atoms with Crippen LogP contribution in [-0.2, 0) is 9.53 Å². The number of rotatable bonds is 8. The number of nitrogens with zero attached hydrogens (tertiary/aromatic N) is 3. The van der Waals surface area contributed by atoms with Crippen LogP contribution >= 0.6 is 0 Å². The van der Waals surface area contributed by atoms with Crippen molar-refractivity contribution in [1.82, 2.24) is 15.1 Å². The maximum atomic E-state index is 12.2. The Morgan fingerprint density at radius 1 is 1.32 bits per heavy atom. The van der Waals surface area contributed by atoms with E-state index in [0.29, 0.717) is 12.5 Å². The lowest BCUT2D eigenvalue weighted by Crippen LogP contribution is -2.53. The molecule has 1 heterocycles. The maximum absolute atomic E-state index is 12.2. The van der Waals surface area contributed by atoms with Gasteiger partial charge in [0.15, 0.2) is 0 Å². The Morgan fingerprint density at radius 2 is 1.95 bits per heavy atom. The molecule has 0 aromatic heterocycles. The van der Waals surface area contributed by atoms with Crippen LogP contribution in [0, 0.1) is 17.2 Å². The minimum Gasteiger partial charge on any atom is -0.380 e. The molecule has 1 saturated heterocycles. The summed E-state index contributed by atoms with van der Waals surface area (Å²) in [5.41, 5.74) is -0.684. The van der Waals surface area contributed by atoms with Crippen molar-refractivity contribution >= 4 is 5.91 Å². The summed E-state index contributed by atoms with van der Waals surface area (Å²) in [5.74, 6) is 0.301. The predicted molar refractivity (Wildman–Crippen MR) is 84.3 cm³/mol. The number of ether oxygens (including phenoxy) is 1. The Bertz CT molecular complexity index is 411. The topological polar surface area (TPSA) is 68.6 Å². The molecule has 22 heavy (non-hydrogen) atoms. The molecule has 6 heteroatoms. The minimum atomic E-state index is -0.684. The molecule has 1 saturated carbocycles. The molecular weight excluding hydrogens is 280 g/mol. The largest absolute Gasteiger partial charge is 0.380 e. The number of carbonyl (C=O) groups is 1. The van der Waals surface area contributed by atoms with Crippen LogP contribution in [0.3, 0.4) is 0 Å². The van der Waals surface area contributed by atoms with Gasteiger partial charge >= 0.3 is 0 Å². The van der Waals surface area contributed by atoms with Crippen molar-refractivity contribution in [2.45, 2.75) is 32.2 Å².